The van der Waals surface area contributed by atoms with Crippen molar-refractivity contribution in [3.05, 3.63) is 0 Å². The number of nitrogens with one attached hydrogen (secondary N) is 2. The Morgan fingerprint density at radius 2 is 1.79 bits per heavy atom. The van der Waals surface area contributed by atoms with Crippen LogP contribution in [0, 0.1) is 0 Å². The fourth-order valence-corrected chi connectivity index (χ4v) is 3.61. The second kappa shape index (κ2) is 7.67. The molecule has 140 valence electrons. The van der Waals surface area contributed by atoms with E-state index in [0.717, 1.165) is 17.9 Å². The number of nitrogens with zero attached hydrogens (tertiary/aromatic N) is 1. The molecule has 0 aromatic rings. The average Bonchev–Trinajstić information content (AvgIpc) is 2.36. The van der Waals surface area contributed by atoms with Gasteiger partial charge >= 0.3 is 6.03 Å². The van der Waals surface area contributed by atoms with Gasteiger partial charge in [0.25, 0.3) is 5.91 Å². The molecule has 0 unspecified atom stereocenters. The first-order chi connectivity index (χ1) is 10.9. The standard InChI is InChI=1S/C16H32N4O4/c1-6-7-8-24-11-20(18-13(17)22)12(21)16(23)9-14(2,3)19-15(4,5)10-16/h19,23H,6-11H2,1-5H3,(H3,17,18,22). The number of carbonyl (C=O) groups excluding carboxylic acids is 2. The van der Waals surface area contributed by atoms with Crippen LogP contribution in [-0.2, 0) is 9.53 Å². The van der Waals surface area contributed by atoms with E-state index in [1.807, 2.05) is 34.6 Å². The van der Waals surface area contributed by atoms with Gasteiger partial charge in [0, 0.05) is 30.5 Å². The molecule has 1 rings (SSSR count). The minimum atomic E-state index is -1.62. The summed E-state index contributed by atoms with van der Waals surface area (Å²) in [6.45, 7) is 10.0. The van der Waals surface area contributed by atoms with Crippen LogP contribution in [0.25, 0.3) is 0 Å². The Bertz CT molecular complexity index is 449. The lowest BCUT2D eigenvalue weighted by Gasteiger charge is -2.50. The number of hydrogen-bond donors (Lipinski definition) is 4. The molecule has 1 saturated heterocycles. The average molecular weight is 344 g/mol. The number of urea groups is 1. The minimum Gasteiger partial charge on any atom is -0.380 e. The van der Waals surface area contributed by atoms with Gasteiger partial charge in [0.05, 0.1) is 0 Å². The topological polar surface area (TPSA) is 117 Å². The molecule has 24 heavy (non-hydrogen) atoms. The summed E-state index contributed by atoms with van der Waals surface area (Å²) < 4.78 is 5.41. The van der Waals surface area contributed by atoms with Crippen LogP contribution in [0.15, 0.2) is 0 Å². The fourth-order valence-electron chi connectivity index (χ4n) is 3.61. The third-order valence-corrected chi connectivity index (χ3v) is 3.90. The summed E-state index contributed by atoms with van der Waals surface area (Å²) in [5, 5.41) is 15.4. The first-order valence-electron chi connectivity index (χ1n) is 8.38. The molecule has 0 saturated carbocycles. The van der Waals surface area contributed by atoms with Gasteiger partial charge in [0.2, 0.25) is 0 Å². The lowest BCUT2D eigenvalue weighted by atomic mass is 9.72. The monoisotopic (exact) mass is 344 g/mol. The van der Waals surface area contributed by atoms with E-state index in [9.17, 15) is 14.7 Å². The van der Waals surface area contributed by atoms with Gasteiger partial charge in [-0.3, -0.25) is 4.79 Å². The summed E-state index contributed by atoms with van der Waals surface area (Å²) >= 11 is 0. The summed E-state index contributed by atoms with van der Waals surface area (Å²) in [5.41, 5.74) is 4.91. The summed E-state index contributed by atoms with van der Waals surface area (Å²) in [5.74, 6) is -0.611. The van der Waals surface area contributed by atoms with Gasteiger partial charge in [-0.05, 0) is 34.1 Å². The lowest BCUT2D eigenvalue weighted by molar-refractivity contribution is -0.170. The highest BCUT2D eigenvalue weighted by Gasteiger charge is 2.52. The van der Waals surface area contributed by atoms with Crippen LogP contribution in [0.5, 0.6) is 0 Å². The third kappa shape index (κ3) is 5.92. The number of nitrogens with two attached hydrogens (primary N) is 1. The highest BCUT2D eigenvalue weighted by molar-refractivity contribution is 5.87. The molecule has 8 heteroatoms. The van der Waals surface area contributed by atoms with Crippen LogP contribution in [-0.4, -0.2) is 52.1 Å². The van der Waals surface area contributed by atoms with Crippen molar-refractivity contribution < 1.29 is 19.4 Å². The van der Waals surface area contributed by atoms with Crippen molar-refractivity contribution >= 4 is 11.9 Å². The number of ether oxygens (including phenoxy) is 1. The molecule has 1 fully saturated rings. The van der Waals surface area contributed by atoms with Gasteiger partial charge in [-0.2, -0.15) is 0 Å². The highest BCUT2D eigenvalue weighted by atomic mass is 16.5. The van der Waals surface area contributed by atoms with Crippen molar-refractivity contribution in [1.29, 1.82) is 0 Å². The number of unbranched alkanes of at least 4 members (excludes halogenated alkanes) is 1. The van der Waals surface area contributed by atoms with Crippen LogP contribution in [0.2, 0.25) is 0 Å². The summed E-state index contributed by atoms with van der Waals surface area (Å²) in [6, 6.07) is -0.876. The van der Waals surface area contributed by atoms with E-state index in [1.54, 1.807) is 0 Å². The Morgan fingerprint density at radius 3 is 2.25 bits per heavy atom. The Hall–Kier alpha value is -1.38. The van der Waals surface area contributed by atoms with Gasteiger partial charge in [-0.15, -0.1) is 0 Å². The van der Waals surface area contributed by atoms with E-state index in [0.29, 0.717) is 6.61 Å². The van der Waals surface area contributed by atoms with Crippen LogP contribution >= 0.6 is 0 Å². The predicted molar refractivity (Wildman–Crippen MR) is 90.8 cm³/mol. The number of piperidine rings is 1. The molecule has 1 heterocycles. The number of carbonyl (C=O) groups is 2. The Morgan fingerprint density at radius 1 is 1.25 bits per heavy atom. The minimum absolute atomic E-state index is 0.154. The number of amides is 3. The smallest absolute Gasteiger partial charge is 0.331 e. The quantitative estimate of drug-likeness (QED) is 0.324. The highest BCUT2D eigenvalue weighted by Crippen LogP contribution is 2.36. The normalized spacial score (nSPS) is 21.1. The molecule has 0 aliphatic carbocycles. The van der Waals surface area contributed by atoms with Crippen molar-refractivity contribution in [2.45, 2.75) is 77.0 Å². The van der Waals surface area contributed by atoms with Crippen molar-refractivity contribution in [1.82, 2.24) is 15.8 Å². The molecule has 0 spiro atoms. The van der Waals surface area contributed by atoms with Crippen molar-refractivity contribution in [3.63, 3.8) is 0 Å². The van der Waals surface area contributed by atoms with E-state index in [2.05, 4.69) is 10.7 Å². The van der Waals surface area contributed by atoms with E-state index in [4.69, 9.17) is 10.5 Å². The number of hydrogen-bond acceptors (Lipinski definition) is 5. The molecule has 0 aromatic carbocycles. The molecular formula is C16H32N4O4. The third-order valence-electron chi connectivity index (χ3n) is 3.90. The SMILES string of the molecule is CCCCOCN(NC(N)=O)C(=O)C1(O)CC(C)(C)NC(C)(C)C1. The first kappa shape index (κ1) is 20.7. The van der Waals surface area contributed by atoms with Crippen molar-refractivity contribution in [2.24, 2.45) is 5.73 Å². The van der Waals surface area contributed by atoms with Gasteiger partial charge in [0.15, 0.2) is 0 Å². The van der Waals surface area contributed by atoms with Gasteiger partial charge in [-0.25, -0.2) is 15.2 Å². The molecular weight excluding hydrogens is 312 g/mol. The second-order valence-corrected chi connectivity index (χ2v) is 7.88. The molecule has 5 N–H and O–H groups in total. The fraction of sp³-hybridized carbons (Fsp3) is 0.875. The molecule has 0 aromatic heterocycles. The number of primary amides is 1. The van der Waals surface area contributed by atoms with Gasteiger partial charge < -0.3 is 20.9 Å². The van der Waals surface area contributed by atoms with E-state index in [-0.39, 0.29) is 19.6 Å². The molecule has 1 aliphatic rings. The Kier molecular flexibility index (Phi) is 6.60. The maximum absolute atomic E-state index is 12.9. The summed E-state index contributed by atoms with van der Waals surface area (Å²) in [4.78, 5) is 24.1. The maximum Gasteiger partial charge on any atom is 0.331 e. The molecule has 1 aliphatic heterocycles. The molecule has 0 radical (unpaired) electrons. The van der Waals surface area contributed by atoms with Crippen LogP contribution in [0.1, 0.15) is 60.3 Å². The lowest BCUT2D eigenvalue weighted by Crippen LogP contribution is -2.68. The Labute approximate surface area is 144 Å². The number of hydrazine groups is 1. The Balaban J connectivity index is 2.91. The summed E-state index contributed by atoms with van der Waals surface area (Å²) in [7, 11) is 0. The summed E-state index contributed by atoms with van der Waals surface area (Å²) in [6.07, 6.45) is 2.23. The van der Waals surface area contributed by atoms with E-state index < -0.39 is 28.6 Å². The largest absolute Gasteiger partial charge is 0.380 e. The van der Waals surface area contributed by atoms with Gasteiger partial charge in [0.1, 0.15) is 12.3 Å². The van der Waals surface area contributed by atoms with Crippen LogP contribution < -0.4 is 16.5 Å². The zero-order valence-corrected chi connectivity index (χ0v) is 15.4. The van der Waals surface area contributed by atoms with Crippen molar-refractivity contribution in [2.75, 3.05) is 13.3 Å². The van der Waals surface area contributed by atoms with E-state index in [1.165, 1.54) is 0 Å². The second-order valence-electron chi connectivity index (χ2n) is 7.88. The predicted octanol–water partition coefficient (Wildman–Crippen LogP) is 0.844. The van der Waals surface area contributed by atoms with Crippen LogP contribution in [0.3, 0.4) is 0 Å². The van der Waals surface area contributed by atoms with Crippen molar-refractivity contribution in [3.8, 4) is 0 Å². The zero-order chi connectivity index (χ0) is 18.6. The molecule has 0 bridgehead atoms. The number of aliphatic hydroxyl groups is 1. The molecule has 8 nitrogen and oxygen atoms in total. The first-order valence-corrected chi connectivity index (χ1v) is 8.38. The zero-order valence-electron chi connectivity index (χ0n) is 15.4. The molecule has 3 amide bonds. The van der Waals surface area contributed by atoms with Gasteiger partial charge in [-0.1, -0.05) is 13.3 Å². The van der Waals surface area contributed by atoms with Crippen LogP contribution in [0.4, 0.5) is 4.79 Å². The van der Waals surface area contributed by atoms with E-state index >= 15 is 0 Å². The molecule has 0 atom stereocenters. The number of rotatable bonds is 6. The maximum atomic E-state index is 12.9.